The van der Waals surface area contributed by atoms with E-state index in [0.29, 0.717) is 5.56 Å². The maximum atomic E-state index is 12.4. The smallest absolute Gasteiger partial charge is 0.387 e. The number of ether oxygens (including phenoxy) is 1. The van der Waals surface area contributed by atoms with Crippen LogP contribution in [0, 0.1) is 0 Å². The normalized spacial score (nSPS) is 12.7. The summed E-state index contributed by atoms with van der Waals surface area (Å²) < 4.78 is 29.1. The molecule has 4 nitrogen and oxygen atoms in total. The topological polar surface area (TPSA) is 63.6 Å². The third kappa shape index (κ3) is 4.41. The molecule has 0 saturated carbocycles. The molecule has 7 heteroatoms. The highest BCUT2D eigenvalue weighted by molar-refractivity contribution is 9.09. The number of carboxylic acid groups (broad SMARTS) is 1. The van der Waals surface area contributed by atoms with Gasteiger partial charge in [-0.25, -0.2) is 4.79 Å². The summed E-state index contributed by atoms with van der Waals surface area (Å²) in [6, 6.07) is 4.23. The number of carboxylic acids is 1. The Bertz CT molecular complexity index is 543. The molecular weight excluding hydrogens is 338 g/mol. The lowest BCUT2D eigenvalue weighted by Gasteiger charge is -2.16. The van der Waals surface area contributed by atoms with Crippen LogP contribution in [-0.4, -0.2) is 23.5 Å². The van der Waals surface area contributed by atoms with Crippen LogP contribution >= 0.6 is 15.9 Å². The van der Waals surface area contributed by atoms with Crippen LogP contribution in [0.5, 0.6) is 5.75 Å². The summed E-state index contributed by atoms with van der Waals surface area (Å²) in [5, 5.41) is 8.61. The van der Waals surface area contributed by atoms with E-state index in [4.69, 9.17) is 5.11 Å². The Labute approximate surface area is 122 Å². The number of hydrogen-bond donors (Lipinski definition) is 1. The van der Waals surface area contributed by atoms with E-state index in [1.165, 1.54) is 31.2 Å². The van der Waals surface area contributed by atoms with E-state index in [1.807, 2.05) is 0 Å². The number of ketones is 1. The molecule has 1 unspecified atom stereocenters. The predicted octanol–water partition coefficient (Wildman–Crippen LogP) is 3.41. The van der Waals surface area contributed by atoms with Gasteiger partial charge in [0.2, 0.25) is 0 Å². The van der Waals surface area contributed by atoms with Crippen LogP contribution in [0.2, 0.25) is 0 Å². The monoisotopic (exact) mass is 348 g/mol. The van der Waals surface area contributed by atoms with Gasteiger partial charge in [-0.05, 0) is 24.6 Å². The quantitative estimate of drug-likeness (QED) is 0.632. The van der Waals surface area contributed by atoms with Crippen molar-refractivity contribution < 1.29 is 28.2 Å². The fourth-order valence-corrected chi connectivity index (χ4v) is 2.03. The predicted molar refractivity (Wildman–Crippen MR) is 72.1 cm³/mol. The van der Waals surface area contributed by atoms with E-state index in [9.17, 15) is 18.4 Å². The molecule has 0 bridgehead atoms. The number of Topliss-reactive ketones (excluding diaryl/α,β-unsaturated/α-hetero) is 1. The zero-order chi connectivity index (χ0) is 15.3. The molecule has 0 saturated heterocycles. The van der Waals surface area contributed by atoms with E-state index in [0.717, 1.165) is 6.08 Å². The summed E-state index contributed by atoms with van der Waals surface area (Å²) in [4.78, 5) is 21.1. The lowest BCUT2D eigenvalue weighted by Crippen LogP contribution is -2.10. The van der Waals surface area contributed by atoms with Crippen molar-refractivity contribution in [2.24, 2.45) is 0 Å². The average molecular weight is 349 g/mol. The van der Waals surface area contributed by atoms with Gasteiger partial charge in [-0.3, -0.25) is 4.79 Å². The van der Waals surface area contributed by atoms with Gasteiger partial charge >= 0.3 is 12.6 Å². The molecule has 0 aliphatic heterocycles. The Morgan fingerprint density at radius 3 is 2.55 bits per heavy atom. The highest BCUT2D eigenvalue weighted by Gasteiger charge is 2.22. The molecule has 108 valence electrons. The van der Waals surface area contributed by atoms with Crippen LogP contribution < -0.4 is 4.74 Å². The summed E-state index contributed by atoms with van der Waals surface area (Å²) in [5.74, 6) is -1.69. The Kier molecular flexibility index (Phi) is 5.82. The summed E-state index contributed by atoms with van der Waals surface area (Å²) >= 11 is 3.09. The number of carbonyl (C=O) groups excluding carboxylic acids is 1. The first-order valence-electron chi connectivity index (χ1n) is 5.46. The molecule has 1 aromatic carbocycles. The van der Waals surface area contributed by atoms with Crippen molar-refractivity contribution in [3.05, 3.63) is 35.4 Å². The average Bonchev–Trinajstić information content (AvgIpc) is 2.34. The van der Waals surface area contributed by atoms with Gasteiger partial charge in [-0.15, -0.1) is 0 Å². The largest absolute Gasteiger partial charge is 0.478 e. The highest BCUT2D eigenvalue weighted by atomic mass is 79.9. The van der Waals surface area contributed by atoms with Crippen LogP contribution in [-0.2, 0) is 9.59 Å². The van der Waals surface area contributed by atoms with Crippen LogP contribution in [0.15, 0.2) is 24.3 Å². The minimum Gasteiger partial charge on any atom is -0.478 e. The summed E-state index contributed by atoms with van der Waals surface area (Å²) in [7, 11) is 0. The van der Waals surface area contributed by atoms with Crippen molar-refractivity contribution in [3.8, 4) is 5.75 Å². The maximum absolute atomic E-state index is 12.4. The lowest BCUT2D eigenvalue weighted by atomic mass is 10.0. The van der Waals surface area contributed by atoms with Gasteiger partial charge in [0.1, 0.15) is 16.4 Å². The van der Waals surface area contributed by atoms with E-state index in [1.54, 1.807) is 0 Å². The van der Waals surface area contributed by atoms with Crippen molar-refractivity contribution in [1.29, 1.82) is 0 Å². The summed E-state index contributed by atoms with van der Waals surface area (Å²) in [5.41, 5.74) is 0.473. The van der Waals surface area contributed by atoms with E-state index in [2.05, 4.69) is 20.7 Å². The molecule has 1 aromatic rings. The van der Waals surface area contributed by atoms with Crippen molar-refractivity contribution in [1.82, 2.24) is 0 Å². The van der Waals surface area contributed by atoms with Crippen LogP contribution in [0.25, 0.3) is 6.08 Å². The van der Waals surface area contributed by atoms with Crippen molar-refractivity contribution >= 4 is 33.8 Å². The highest BCUT2D eigenvalue weighted by Crippen LogP contribution is 2.36. The number of halogens is 3. The van der Waals surface area contributed by atoms with Crippen LogP contribution in [0.4, 0.5) is 8.78 Å². The minimum atomic E-state index is -3.04. The number of hydrogen-bond acceptors (Lipinski definition) is 3. The van der Waals surface area contributed by atoms with Gasteiger partial charge in [-0.2, -0.15) is 8.78 Å². The van der Waals surface area contributed by atoms with Gasteiger partial charge in [0.05, 0.1) is 0 Å². The standard InChI is InChI=1S/C13H11BrF2O4/c1-7(17)12(14)11-8(5-6-10(18)19)3-2-4-9(11)20-13(15)16/h2-6,12-13H,1H3,(H,18,19). The first-order chi connectivity index (χ1) is 9.32. The van der Waals surface area contributed by atoms with Crippen LogP contribution in [0.1, 0.15) is 22.9 Å². The third-order valence-electron chi connectivity index (χ3n) is 2.33. The van der Waals surface area contributed by atoms with E-state index in [-0.39, 0.29) is 17.1 Å². The second-order valence-corrected chi connectivity index (χ2v) is 4.70. The molecule has 0 radical (unpaired) electrons. The van der Waals surface area contributed by atoms with Gasteiger partial charge in [0.25, 0.3) is 0 Å². The molecule has 1 rings (SSSR count). The molecule has 1 atom stereocenters. The lowest BCUT2D eigenvalue weighted by molar-refractivity contribution is -0.131. The molecule has 0 amide bonds. The van der Waals surface area contributed by atoms with Gasteiger partial charge < -0.3 is 9.84 Å². The number of alkyl halides is 3. The Hall–Kier alpha value is -1.76. The second-order valence-electron chi connectivity index (χ2n) is 3.78. The number of benzene rings is 1. The molecule has 0 fully saturated rings. The van der Waals surface area contributed by atoms with Gasteiger partial charge in [0, 0.05) is 11.6 Å². The van der Waals surface area contributed by atoms with Crippen molar-refractivity contribution in [3.63, 3.8) is 0 Å². The van der Waals surface area contributed by atoms with E-state index < -0.39 is 17.4 Å². The molecule has 0 heterocycles. The van der Waals surface area contributed by atoms with E-state index >= 15 is 0 Å². The van der Waals surface area contributed by atoms with Gasteiger partial charge in [0.15, 0.2) is 0 Å². The van der Waals surface area contributed by atoms with Crippen molar-refractivity contribution in [2.75, 3.05) is 0 Å². The zero-order valence-corrected chi connectivity index (χ0v) is 11.9. The summed E-state index contributed by atoms with van der Waals surface area (Å²) in [6.45, 7) is -1.76. The van der Waals surface area contributed by atoms with Gasteiger partial charge in [-0.1, -0.05) is 28.1 Å². The SMILES string of the molecule is CC(=O)C(Br)c1c(C=CC(=O)O)cccc1OC(F)F. The Morgan fingerprint density at radius 1 is 1.40 bits per heavy atom. The molecule has 1 N–H and O–H groups in total. The fraction of sp³-hybridized carbons (Fsp3) is 0.231. The molecule has 0 aliphatic rings. The van der Waals surface area contributed by atoms with Crippen molar-refractivity contribution in [2.45, 2.75) is 18.4 Å². The Morgan fingerprint density at radius 2 is 2.05 bits per heavy atom. The zero-order valence-electron chi connectivity index (χ0n) is 10.3. The molecule has 0 aromatic heterocycles. The first-order valence-corrected chi connectivity index (χ1v) is 6.37. The summed E-state index contributed by atoms with van der Waals surface area (Å²) in [6.07, 6.45) is 2.07. The molecular formula is C13H11BrF2O4. The third-order valence-corrected chi connectivity index (χ3v) is 3.43. The second kappa shape index (κ2) is 7.14. The molecule has 0 spiro atoms. The fourth-order valence-electron chi connectivity index (χ4n) is 1.54. The van der Waals surface area contributed by atoms with Crippen LogP contribution in [0.3, 0.4) is 0 Å². The maximum Gasteiger partial charge on any atom is 0.387 e. The first kappa shape index (κ1) is 16.3. The minimum absolute atomic E-state index is 0.165. The molecule has 20 heavy (non-hydrogen) atoms. The number of aliphatic carboxylic acids is 1. The number of carbonyl (C=O) groups is 2. The number of rotatable bonds is 6. The molecule has 0 aliphatic carbocycles. The Balaban J connectivity index is 3.35.